The molecule has 0 fully saturated rings. The first-order valence-electron chi connectivity index (χ1n) is 5.63. The number of hydrogen-bond donors (Lipinski definition) is 0. The van der Waals surface area contributed by atoms with Crippen LogP contribution in [-0.4, -0.2) is 5.78 Å². The number of Topliss-reactive ketones (excluding diaryl/α,β-unsaturated/α-hetero) is 1. The van der Waals surface area contributed by atoms with Crippen LogP contribution in [-0.2, 0) is 0 Å². The van der Waals surface area contributed by atoms with Crippen molar-refractivity contribution >= 4 is 23.6 Å². The van der Waals surface area contributed by atoms with E-state index in [0.29, 0.717) is 20.9 Å². The highest BCUT2D eigenvalue weighted by Crippen LogP contribution is 2.42. The van der Waals surface area contributed by atoms with Crippen molar-refractivity contribution in [1.29, 1.82) is 0 Å². The lowest BCUT2D eigenvalue weighted by Crippen LogP contribution is -1.94. The fourth-order valence-electron chi connectivity index (χ4n) is 1.89. The second-order valence-corrected chi connectivity index (χ2v) is 5.16. The first kappa shape index (κ1) is 12.1. The van der Waals surface area contributed by atoms with Crippen molar-refractivity contribution in [3.8, 4) is 0 Å². The molecule has 0 saturated carbocycles. The number of rotatable bonds is 1. The molecule has 3 rings (SSSR count). The van der Waals surface area contributed by atoms with Crippen LogP contribution in [0.3, 0.4) is 0 Å². The Labute approximate surface area is 113 Å². The fourth-order valence-corrected chi connectivity index (χ4v) is 2.94. The van der Waals surface area contributed by atoms with Crippen LogP contribution in [0.4, 0.5) is 8.78 Å². The van der Waals surface area contributed by atoms with Crippen LogP contribution in [0.15, 0.2) is 52.3 Å². The maximum absolute atomic E-state index is 13.6. The Hall–Kier alpha value is -1.94. The summed E-state index contributed by atoms with van der Waals surface area (Å²) in [5, 5.41) is 0. The van der Waals surface area contributed by atoms with Gasteiger partial charge < -0.3 is 0 Å². The monoisotopic (exact) mass is 274 g/mol. The number of halogens is 2. The molecule has 0 aliphatic carbocycles. The minimum atomic E-state index is -0.390. The Morgan fingerprint density at radius 1 is 1.00 bits per heavy atom. The summed E-state index contributed by atoms with van der Waals surface area (Å²) in [4.78, 5) is 12.9. The van der Waals surface area contributed by atoms with Gasteiger partial charge in [0, 0.05) is 5.56 Å². The van der Waals surface area contributed by atoms with Crippen molar-refractivity contribution < 1.29 is 13.6 Å². The molecule has 0 spiro atoms. The molecular weight excluding hydrogens is 266 g/mol. The molecule has 0 unspecified atom stereocenters. The van der Waals surface area contributed by atoms with Crippen molar-refractivity contribution in [2.45, 2.75) is 4.90 Å². The van der Waals surface area contributed by atoms with E-state index in [1.54, 1.807) is 24.3 Å². The molecule has 0 amide bonds. The van der Waals surface area contributed by atoms with Gasteiger partial charge in [-0.15, -0.1) is 0 Å². The van der Waals surface area contributed by atoms with E-state index in [0.717, 1.165) is 11.8 Å². The lowest BCUT2D eigenvalue weighted by Gasteiger charge is -1.96. The Morgan fingerprint density at radius 3 is 2.42 bits per heavy atom. The minimum Gasteiger partial charge on any atom is -0.288 e. The predicted octanol–water partition coefficient (Wildman–Crippen LogP) is 4.29. The fraction of sp³-hybridized carbons (Fsp3) is 0. The van der Waals surface area contributed by atoms with E-state index in [4.69, 9.17) is 0 Å². The standard InChI is InChI=1S/C15H8F2OS/c16-10-6-4-9(5-7-10)8-13-14(18)11-2-1-3-12(17)15(11)19-13/h1-8H/b13-8+. The summed E-state index contributed by atoms with van der Waals surface area (Å²) in [6.45, 7) is 0. The van der Waals surface area contributed by atoms with Crippen LogP contribution in [0, 0.1) is 11.6 Å². The summed E-state index contributed by atoms with van der Waals surface area (Å²) in [5.74, 6) is -0.913. The Morgan fingerprint density at radius 2 is 1.74 bits per heavy atom. The van der Waals surface area contributed by atoms with E-state index in [2.05, 4.69) is 0 Å². The minimum absolute atomic E-state index is 0.191. The normalized spacial score (nSPS) is 15.9. The number of carbonyl (C=O) groups excluding carboxylic acids is 1. The molecular formula is C15H8F2OS. The molecule has 1 nitrogen and oxygen atoms in total. The van der Waals surface area contributed by atoms with Crippen molar-refractivity contribution in [3.05, 3.63) is 70.1 Å². The van der Waals surface area contributed by atoms with E-state index in [9.17, 15) is 13.6 Å². The van der Waals surface area contributed by atoms with E-state index in [-0.39, 0.29) is 11.6 Å². The van der Waals surface area contributed by atoms with Gasteiger partial charge in [0.05, 0.1) is 9.80 Å². The summed E-state index contributed by atoms with van der Waals surface area (Å²) in [6.07, 6.45) is 1.64. The predicted molar refractivity (Wildman–Crippen MR) is 71.0 cm³/mol. The number of allylic oxidation sites excluding steroid dienone is 1. The number of thioether (sulfide) groups is 1. The van der Waals surface area contributed by atoms with E-state index in [1.165, 1.54) is 24.3 Å². The summed E-state index contributed by atoms with van der Waals surface area (Å²) < 4.78 is 26.4. The second kappa shape index (κ2) is 4.63. The average molecular weight is 274 g/mol. The molecule has 1 aliphatic heterocycles. The molecule has 4 heteroatoms. The SMILES string of the molecule is O=C1/C(=C\c2ccc(F)cc2)Sc2c(F)cccc21. The van der Waals surface area contributed by atoms with Gasteiger partial charge in [-0.05, 0) is 35.9 Å². The molecule has 0 radical (unpaired) electrons. The third-order valence-corrected chi connectivity index (χ3v) is 3.96. The highest BCUT2D eigenvalue weighted by molar-refractivity contribution is 8.04. The second-order valence-electron chi connectivity index (χ2n) is 4.11. The van der Waals surface area contributed by atoms with Gasteiger partial charge in [-0.3, -0.25) is 4.79 Å². The molecule has 1 heterocycles. The summed E-state index contributed by atoms with van der Waals surface area (Å²) in [7, 11) is 0. The first-order valence-corrected chi connectivity index (χ1v) is 6.45. The lowest BCUT2D eigenvalue weighted by molar-refractivity contribution is 0.104. The number of ketones is 1. The van der Waals surface area contributed by atoms with E-state index in [1.807, 2.05) is 0 Å². The first-order chi connectivity index (χ1) is 9.15. The number of fused-ring (bicyclic) bond motifs is 1. The van der Waals surface area contributed by atoms with Crippen LogP contribution < -0.4 is 0 Å². The van der Waals surface area contributed by atoms with Crippen LogP contribution >= 0.6 is 11.8 Å². The van der Waals surface area contributed by atoms with Crippen molar-refractivity contribution in [2.24, 2.45) is 0 Å². The summed E-state index contributed by atoms with van der Waals surface area (Å²) in [5.41, 5.74) is 1.10. The smallest absolute Gasteiger partial charge is 0.200 e. The third kappa shape index (κ3) is 2.19. The molecule has 2 aromatic rings. The molecule has 94 valence electrons. The third-order valence-electron chi connectivity index (χ3n) is 2.82. The number of benzene rings is 2. The molecule has 2 aromatic carbocycles. The van der Waals surface area contributed by atoms with Crippen molar-refractivity contribution in [3.63, 3.8) is 0 Å². The number of carbonyl (C=O) groups is 1. The molecule has 0 saturated heterocycles. The summed E-state index contributed by atoms with van der Waals surface area (Å²) >= 11 is 1.11. The molecule has 19 heavy (non-hydrogen) atoms. The van der Waals surface area contributed by atoms with Crippen LogP contribution in [0.2, 0.25) is 0 Å². The van der Waals surface area contributed by atoms with Gasteiger partial charge in [-0.1, -0.05) is 30.0 Å². The number of hydrogen-bond acceptors (Lipinski definition) is 2. The Balaban J connectivity index is 2.00. The van der Waals surface area contributed by atoms with E-state index >= 15 is 0 Å². The highest BCUT2D eigenvalue weighted by Gasteiger charge is 2.28. The van der Waals surface area contributed by atoms with Crippen LogP contribution in [0.25, 0.3) is 6.08 Å². The summed E-state index contributed by atoms with van der Waals surface area (Å²) in [6, 6.07) is 10.3. The van der Waals surface area contributed by atoms with Crippen molar-refractivity contribution in [1.82, 2.24) is 0 Å². The van der Waals surface area contributed by atoms with Gasteiger partial charge in [0.1, 0.15) is 11.6 Å². The van der Waals surface area contributed by atoms with Crippen LogP contribution in [0.1, 0.15) is 15.9 Å². The lowest BCUT2D eigenvalue weighted by atomic mass is 10.1. The van der Waals surface area contributed by atoms with Gasteiger partial charge in [-0.25, -0.2) is 8.78 Å². The zero-order valence-electron chi connectivity index (χ0n) is 9.69. The highest BCUT2D eigenvalue weighted by atomic mass is 32.2. The van der Waals surface area contributed by atoms with Gasteiger partial charge >= 0.3 is 0 Å². The van der Waals surface area contributed by atoms with Gasteiger partial charge in [0.25, 0.3) is 0 Å². The van der Waals surface area contributed by atoms with Gasteiger partial charge in [-0.2, -0.15) is 0 Å². The zero-order valence-corrected chi connectivity index (χ0v) is 10.5. The topological polar surface area (TPSA) is 17.1 Å². The van der Waals surface area contributed by atoms with E-state index < -0.39 is 5.82 Å². The largest absolute Gasteiger partial charge is 0.288 e. The maximum Gasteiger partial charge on any atom is 0.200 e. The van der Waals surface area contributed by atoms with Crippen LogP contribution in [0.5, 0.6) is 0 Å². The average Bonchev–Trinajstić information content (AvgIpc) is 2.72. The molecule has 0 bridgehead atoms. The Kier molecular flexibility index (Phi) is 2.95. The van der Waals surface area contributed by atoms with Gasteiger partial charge in [0.2, 0.25) is 5.78 Å². The Bertz CT molecular complexity index is 690. The quantitative estimate of drug-likeness (QED) is 0.721. The maximum atomic E-state index is 13.6. The van der Waals surface area contributed by atoms with Gasteiger partial charge in [0.15, 0.2) is 0 Å². The molecule has 0 atom stereocenters. The van der Waals surface area contributed by atoms with Crippen molar-refractivity contribution in [2.75, 3.05) is 0 Å². The zero-order chi connectivity index (χ0) is 13.4. The molecule has 0 N–H and O–H groups in total. The molecule has 0 aromatic heterocycles. The molecule has 1 aliphatic rings.